The Labute approximate surface area is 95.8 Å². The second-order valence-corrected chi connectivity index (χ2v) is 4.08. The van der Waals surface area contributed by atoms with Gasteiger partial charge in [0.25, 0.3) is 0 Å². The smallest absolute Gasteiger partial charge is 0.396 e. The molecule has 96 valence electrons. The molecule has 0 fully saturated rings. The van der Waals surface area contributed by atoms with Crippen LogP contribution in [-0.2, 0) is 10.3 Å². The van der Waals surface area contributed by atoms with Gasteiger partial charge in [0, 0.05) is 6.20 Å². The van der Waals surface area contributed by atoms with E-state index in [-0.39, 0.29) is 0 Å². The van der Waals surface area contributed by atoms with Crippen LogP contribution in [0.2, 0.25) is 0 Å². The fraction of sp³-hybridized carbons (Fsp3) is 0.556. The monoisotopic (exact) mass is 250 g/mol. The van der Waals surface area contributed by atoms with E-state index < -0.39 is 24.2 Å². The summed E-state index contributed by atoms with van der Waals surface area (Å²) in [5.74, 6) is -0.780. The van der Waals surface area contributed by atoms with E-state index in [0.717, 1.165) is 0 Å². The first kappa shape index (κ1) is 13.3. The zero-order valence-corrected chi connectivity index (χ0v) is 9.38. The number of nitrogens with two attached hydrogens (primary N) is 1. The van der Waals surface area contributed by atoms with Crippen molar-refractivity contribution in [1.82, 2.24) is 15.1 Å². The fourth-order valence-electron chi connectivity index (χ4n) is 1.14. The molecule has 5 nitrogen and oxygen atoms in total. The van der Waals surface area contributed by atoms with Crippen molar-refractivity contribution in [3.8, 4) is 0 Å². The Balaban J connectivity index is 2.74. The largest absolute Gasteiger partial charge is 0.405 e. The lowest BCUT2D eigenvalue weighted by molar-refractivity contribution is -0.143. The highest BCUT2D eigenvalue weighted by Gasteiger charge is 2.34. The Hall–Kier alpha value is -1.73. The van der Waals surface area contributed by atoms with Gasteiger partial charge in [0.15, 0.2) is 0 Å². The highest BCUT2D eigenvalue weighted by molar-refractivity contribution is 5.83. The molecule has 0 bridgehead atoms. The minimum atomic E-state index is -4.44. The molecule has 0 aliphatic heterocycles. The third kappa shape index (κ3) is 3.36. The van der Waals surface area contributed by atoms with Crippen LogP contribution in [0.3, 0.4) is 0 Å². The van der Waals surface area contributed by atoms with Gasteiger partial charge in [-0.15, -0.1) is 0 Å². The number of alkyl halides is 3. The van der Waals surface area contributed by atoms with Crippen molar-refractivity contribution in [3.63, 3.8) is 0 Å². The highest BCUT2D eigenvalue weighted by atomic mass is 19.4. The normalized spacial score (nSPS) is 12.5. The van der Waals surface area contributed by atoms with Gasteiger partial charge in [-0.3, -0.25) is 9.48 Å². The molecule has 0 spiro atoms. The predicted molar refractivity (Wildman–Crippen MR) is 55.0 cm³/mol. The van der Waals surface area contributed by atoms with E-state index >= 15 is 0 Å². The maximum absolute atomic E-state index is 12.0. The molecule has 0 radical (unpaired) electrons. The highest BCUT2D eigenvalue weighted by Crippen LogP contribution is 2.17. The summed E-state index contributed by atoms with van der Waals surface area (Å²) in [6.45, 7) is 1.53. The maximum atomic E-state index is 12.0. The standard InChI is InChI=1S/C9H13F3N4O/c1-8(2,16-4-6(13)3-15-16)7(17)14-5-9(10,11)12/h3-4H,5,13H2,1-2H3,(H,14,17). The van der Waals surface area contributed by atoms with E-state index in [0.29, 0.717) is 5.69 Å². The first-order valence-electron chi connectivity index (χ1n) is 4.78. The number of amides is 1. The summed E-state index contributed by atoms with van der Waals surface area (Å²) >= 11 is 0. The van der Waals surface area contributed by atoms with E-state index in [9.17, 15) is 18.0 Å². The van der Waals surface area contributed by atoms with Gasteiger partial charge in [-0.1, -0.05) is 0 Å². The summed E-state index contributed by atoms with van der Waals surface area (Å²) in [5, 5.41) is 5.61. The van der Waals surface area contributed by atoms with E-state index in [1.165, 1.54) is 30.9 Å². The van der Waals surface area contributed by atoms with Gasteiger partial charge >= 0.3 is 6.18 Å². The SMILES string of the molecule is CC(C)(C(=O)NCC(F)(F)F)n1cc(N)cn1. The molecule has 8 heteroatoms. The van der Waals surface area contributed by atoms with E-state index in [2.05, 4.69) is 5.10 Å². The summed E-state index contributed by atoms with van der Waals surface area (Å²) in [6.07, 6.45) is -1.74. The molecule has 0 aliphatic rings. The average molecular weight is 250 g/mol. The minimum absolute atomic E-state index is 0.335. The molecule has 1 aromatic rings. The van der Waals surface area contributed by atoms with Crippen molar-refractivity contribution in [2.24, 2.45) is 0 Å². The predicted octanol–water partition coefficient (Wildman–Crippen LogP) is 0.879. The number of nitrogens with one attached hydrogen (secondary N) is 1. The fourth-order valence-corrected chi connectivity index (χ4v) is 1.14. The van der Waals surface area contributed by atoms with Gasteiger partial charge in [0.2, 0.25) is 5.91 Å². The van der Waals surface area contributed by atoms with Crippen LogP contribution in [0.15, 0.2) is 12.4 Å². The number of hydrogen-bond acceptors (Lipinski definition) is 3. The number of nitrogen functional groups attached to an aromatic ring is 1. The Morgan fingerprint density at radius 1 is 1.53 bits per heavy atom. The molecule has 1 rings (SSSR count). The number of carbonyl (C=O) groups is 1. The molecule has 1 aromatic heterocycles. The second kappa shape index (κ2) is 4.27. The number of anilines is 1. The van der Waals surface area contributed by atoms with E-state index in [1.54, 1.807) is 5.32 Å². The lowest BCUT2D eigenvalue weighted by Gasteiger charge is -2.24. The molecule has 0 aliphatic carbocycles. The molecule has 0 unspecified atom stereocenters. The molecule has 3 N–H and O–H groups in total. The second-order valence-electron chi connectivity index (χ2n) is 4.08. The van der Waals surface area contributed by atoms with Crippen LogP contribution in [0.5, 0.6) is 0 Å². The Kier molecular flexibility index (Phi) is 3.35. The van der Waals surface area contributed by atoms with E-state index in [1.807, 2.05) is 0 Å². The van der Waals surface area contributed by atoms with Gasteiger partial charge < -0.3 is 11.1 Å². The Morgan fingerprint density at radius 3 is 2.53 bits per heavy atom. The van der Waals surface area contributed by atoms with Crippen LogP contribution in [0.25, 0.3) is 0 Å². The number of carbonyl (C=O) groups excluding carboxylic acids is 1. The van der Waals surface area contributed by atoms with Crippen molar-refractivity contribution in [2.45, 2.75) is 25.6 Å². The van der Waals surface area contributed by atoms with Crippen LogP contribution in [0.4, 0.5) is 18.9 Å². The van der Waals surface area contributed by atoms with Crippen molar-refractivity contribution >= 4 is 11.6 Å². The van der Waals surface area contributed by atoms with Gasteiger partial charge in [-0.2, -0.15) is 18.3 Å². The molecule has 0 aromatic carbocycles. The third-order valence-corrected chi connectivity index (χ3v) is 2.18. The summed E-state index contributed by atoms with van der Waals surface area (Å²) in [4.78, 5) is 11.6. The summed E-state index contributed by atoms with van der Waals surface area (Å²) in [7, 11) is 0. The van der Waals surface area contributed by atoms with Crippen molar-refractivity contribution in [2.75, 3.05) is 12.3 Å². The molecule has 0 saturated heterocycles. The molecule has 0 saturated carbocycles. The van der Waals surface area contributed by atoms with Gasteiger partial charge in [-0.05, 0) is 13.8 Å². The van der Waals surface area contributed by atoms with Gasteiger partial charge in [-0.25, -0.2) is 0 Å². The number of halogens is 3. The number of aromatic nitrogens is 2. The molecule has 1 amide bonds. The number of nitrogens with zero attached hydrogens (tertiary/aromatic N) is 2. The Morgan fingerprint density at radius 2 is 2.12 bits per heavy atom. The lowest BCUT2D eigenvalue weighted by atomic mass is 10.1. The van der Waals surface area contributed by atoms with E-state index in [4.69, 9.17) is 5.73 Å². The quantitative estimate of drug-likeness (QED) is 0.836. The maximum Gasteiger partial charge on any atom is 0.405 e. The third-order valence-electron chi connectivity index (χ3n) is 2.18. The first-order valence-corrected chi connectivity index (χ1v) is 4.78. The van der Waals surface area contributed by atoms with Crippen LogP contribution in [-0.4, -0.2) is 28.4 Å². The Bertz CT molecular complexity index is 411. The van der Waals surface area contributed by atoms with Crippen molar-refractivity contribution in [1.29, 1.82) is 0 Å². The first-order chi connectivity index (χ1) is 7.63. The van der Waals surface area contributed by atoms with Crippen LogP contribution in [0, 0.1) is 0 Å². The minimum Gasteiger partial charge on any atom is -0.396 e. The lowest BCUT2D eigenvalue weighted by Crippen LogP contribution is -2.47. The van der Waals surface area contributed by atoms with Crippen molar-refractivity contribution < 1.29 is 18.0 Å². The van der Waals surface area contributed by atoms with Gasteiger partial charge in [0.1, 0.15) is 12.1 Å². The zero-order valence-electron chi connectivity index (χ0n) is 9.38. The molecular formula is C9H13F3N4O. The molecule has 17 heavy (non-hydrogen) atoms. The van der Waals surface area contributed by atoms with Crippen molar-refractivity contribution in [3.05, 3.63) is 12.4 Å². The summed E-state index contributed by atoms with van der Waals surface area (Å²) in [5.41, 5.74) is 4.53. The van der Waals surface area contributed by atoms with Crippen LogP contribution in [0.1, 0.15) is 13.8 Å². The molecule has 0 atom stereocenters. The average Bonchev–Trinajstić information content (AvgIpc) is 2.60. The number of hydrogen-bond donors (Lipinski definition) is 2. The summed E-state index contributed by atoms with van der Waals surface area (Å²) in [6, 6.07) is 0. The topological polar surface area (TPSA) is 72.9 Å². The van der Waals surface area contributed by atoms with Gasteiger partial charge in [0.05, 0.1) is 11.9 Å². The van der Waals surface area contributed by atoms with Crippen LogP contribution >= 0.6 is 0 Å². The number of rotatable bonds is 3. The zero-order chi connectivity index (χ0) is 13.3. The molecular weight excluding hydrogens is 237 g/mol. The van der Waals surface area contributed by atoms with Crippen LogP contribution < -0.4 is 11.1 Å². The molecule has 1 heterocycles. The summed E-state index contributed by atoms with van der Waals surface area (Å²) < 4.78 is 37.1.